The normalized spacial score (nSPS) is 17.0. The van der Waals surface area contributed by atoms with Gasteiger partial charge in [-0.3, -0.25) is 9.78 Å². The highest BCUT2D eigenvalue weighted by atomic mass is 35.5. The van der Waals surface area contributed by atoms with E-state index < -0.39 is 11.4 Å². The molecule has 2 N–H and O–H groups in total. The number of rotatable bonds is 8. The molecule has 0 atom stereocenters. The van der Waals surface area contributed by atoms with E-state index in [1.165, 1.54) is 0 Å². The first-order valence-electron chi connectivity index (χ1n) is 9.67. The zero-order valence-electron chi connectivity index (χ0n) is 16.2. The quantitative estimate of drug-likeness (QED) is 0.699. The summed E-state index contributed by atoms with van der Waals surface area (Å²) in [5.74, 6) is 0.0274. The van der Waals surface area contributed by atoms with E-state index in [0.29, 0.717) is 50.3 Å². The number of benzene rings is 1. The van der Waals surface area contributed by atoms with Crippen LogP contribution >= 0.6 is 11.6 Å². The van der Waals surface area contributed by atoms with E-state index in [9.17, 15) is 9.90 Å². The lowest BCUT2D eigenvalue weighted by Crippen LogP contribution is -2.45. The number of likely N-dealkylation sites (tertiary alicyclic amines) is 1. The minimum Gasteiger partial charge on any atom is -0.497 e. The maximum absolute atomic E-state index is 12.0. The van der Waals surface area contributed by atoms with E-state index in [0.717, 1.165) is 28.6 Å². The number of methoxy groups -OCH3 is 1. The summed E-state index contributed by atoms with van der Waals surface area (Å²) in [5.41, 5.74) is 1.15. The van der Waals surface area contributed by atoms with Crippen LogP contribution in [0.25, 0.3) is 10.9 Å². The number of ether oxygens (including phenoxy) is 1. The second-order valence-electron chi connectivity index (χ2n) is 7.47. The van der Waals surface area contributed by atoms with Gasteiger partial charge in [0.15, 0.2) is 0 Å². The van der Waals surface area contributed by atoms with Crippen LogP contribution in [-0.2, 0) is 11.2 Å². The van der Waals surface area contributed by atoms with Crippen molar-refractivity contribution in [2.24, 2.45) is 5.41 Å². The molecule has 28 heavy (non-hydrogen) atoms. The minimum absolute atomic E-state index is 0.108. The van der Waals surface area contributed by atoms with E-state index in [1.54, 1.807) is 13.3 Å². The van der Waals surface area contributed by atoms with Crippen molar-refractivity contribution in [2.45, 2.75) is 32.1 Å². The molecule has 0 unspecified atom stereocenters. The van der Waals surface area contributed by atoms with Crippen molar-refractivity contribution in [1.82, 2.24) is 9.88 Å². The minimum atomic E-state index is -0.719. The molecular formula is C21H27ClN2O4. The smallest absolute Gasteiger partial charge is 0.309 e. The number of nitrogens with zero attached hydrogens (tertiary/aromatic N) is 2. The fraction of sp³-hybridized carbons (Fsp3) is 0.524. The summed E-state index contributed by atoms with van der Waals surface area (Å²) in [7, 11) is 1.62. The van der Waals surface area contributed by atoms with Gasteiger partial charge in [-0.2, -0.15) is 0 Å². The Bertz CT molecular complexity index is 835. The predicted molar refractivity (Wildman–Crippen MR) is 109 cm³/mol. The molecule has 1 saturated heterocycles. The Kier molecular flexibility index (Phi) is 6.75. The Morgan fingerprint density at radius 1 is 1.36 bits per heavy atom. The molecule has 3 rings (SSSR count). The number of halogens is 1. The van der Waals surface area contributed by atoms with Crippen molar-refractivity contribution in [2.75, 3.05) is 33.4 Å². The third-order valence-corrected chi connectivity index (χ3v) is 6.23. The Morgan fingerprint density at radius 3 is 2.75 bits per heavy atom. The first-order valence-corrected chi connectivity index (χ1v) is 10.0. The number of pyridine rings is 1. The van der Waals surface area contributed by atoms with Crippen LogP contribution in [0.1, 0.15) is 31.2 Å². The van der Waals surface area contributed by atoms with Gasteiger partial charge in [0.2, 0.25) is 0 Å². The Balaban J connectivity index is 1.73. The van der Waals surface area contributed by atoms with Crippen LogP contribution in [-0.4, -0.2) is 59.4 Å². The SMILES string of the molecule is COc1ccc2ncc(Cl)c(CCCC3(C(=O)O)CCN(CCO)CC3)c2c1. The van der Waals surface area contributed by atoms with Crippen LogP contribution in [0.15, 0.2) is 24.4 Å². The summed E-state index contributed by atoms with van der Waals surface area (Å²) < 4.78 is 5.32. The third kappa shape index (κ3) is 4.40. The van der Waals surface area contributed by atoms with Crippen molar-refractivity contribution >= 4 is 28.5 Å². The number of aromatic nitrogens is 1. The van der Waals surface area contributed by atoms with E-state index in [2.05, 4.69) is 9.88 Å². The van der Waals surface area contributed by atoms with Gasteiger partial charge < -0.3 is 19.8 Å². The lowest BCUT2D eigenvalue weighted by molar-refractivity contribution is -0.152. The maximum atomic E-state index is 12.0. The number of piperidine rings is 1. The van der Waals surface area contributed by atoms with Crippen molar-refractivity contribution in [3.05, 3.63) is 35.0 Å². The third-order valence-electron chi connectivity index (χ3n) is 5.90. The van der Waals surface area contributed by atoms with Crippen molar-refractivity contribution < 1.29 is 19.7 Å². The number of carboxylic acid groups (broad SMARTS) is 1. The van der Waals surface area contributed by atoms with Gasteiger partial charge in [0.25, 0.3) is 0 Å². The summed E-state index contributed by atoms with van der Waals surface area (Å²) in [6.45, 7) is 2.14. The number of aliphatic hydroxyl groups is 1. The number of fused-ring (bicyclic) bond motifs is 1. The fourth-order valence-corrected chi connectivity index (χ4v) is 4.35. The summed E-state index contributed by atoms with van der Waals surface area (Å²) in [5, 5.41) is 20.5. The summed E-state index contributed by atoms with van der Waals surface area (Å²) in [4.78, 5) is 18.5. The molecule has 1 fully saturated rings. The van der Waals surface area contributed by atoms with E-state index >= 15 is 0 Å². The van der Waals surface area contributed by atoms with Gasteiger partial charge >= 0.3 is 5.97 Å². The van der Waals surface area contributed by atoms with Crippen LogP contribution < -0.4 is 4.74 Å². The van der Waals surface area contributed by atoms with Gasteiger partial charge in [-0.25, -0.2) is 0 Å². The molecule has 0 radical (unpaired) electrons. The number of carboxylic acids is 1. The molecule has 152 valence electrons. The molecule has 7 heteroatoms. The fourth-order valence-electron chi connectivity index (χ4n) is 4.10. The zero-order chi connectivity index (χ0) is 20.1. The first-order chi connectivity index (χ1) is 13.5. The number of hydrogen-bond acceptors (Lipinski definition) is 5. The number of aryl methyl sites for hydroxylation is 1. The lowest BCUT2D eigenvalue weighted by Gasteiger charge is -2.38. The highest BCUT2D eigenvalue weighted by Gasteiger charge is 2.40. The summed E-state index contributed by atoms with van der Waals surface area (Å²) in [6, 6.07) is 5.71. The number of aliphatic carboxylic acids is 1. The Morgan fingerprint density at radius 2 is 2.11 bits per heavy atom. The van der Waals surface area contributed by atoms with Gasteiger partial charge in [-0.1, -0.05) is 11.6 Å². The van der Waals surface area contributed by atoms with Crippen LogP contribution in [0.3, 0.4) is 0 Å². The summed E-state index contributed by atoms with van der Waals surface area (Å²) >= 11 is 6.42. The average molecular weight is 407 g/mol. The molecule has 0 saturated carbocycles. The van der Waals surface area contributed by atoms with Crippen LogP contribution in [0.5, 0.6) is 5.75 Å². The molecule has 0 aliphatic carbocycles. The Labute approximate surface area is 170 Å². The van der Waals surface area contributed by atoms with Crippen LogP contribution in [0.4, 0.5) is 0 Å². The molecule has 0 bridgehead atoms. The van der Waals surface area contributed by atoms with Crippen LogP contribution in [0, 0.1) is 5.41 Å². The lowest BCUT2D eigenvalue weighted by atomic mass is 9.74. The molecule has 1 aliphatic rings. The standard InChI is InChI=1S/C21H27ClN2O4/c1-28-15-4-5-19-17(13-15)16(18(22)14-23-19)3-2-6-21(20(26)27)7-9-24(10-8-21)11-12-25/h4-5,13-14,25H,2-3,6-12H2,1H3,(H,26,27). The van der Waals surface area contributed by atoms with Crippen LogP contribution in [0.2, 0.25) is 5.02 Å². The second kappa shape index (κ2) is 9.07. The number of hydrogen-bond donors (Lipinski definition) is 2. The topological polar surface area (TPSA) is 82.9 Å². The Hall–Kier alpha value is -1.89. The van der Waals surface area contributed by atoms with Gasteiger partial charge in [-0.05, 0) is 69.0 Å². The molecule has 2 aromatic rings. The summed E-state index contributed by atoms with van der Waals surface area (Å²) in [6.07, 6.45) is 4.93. The maximum Gasteiger partial charge on any atom is 0.309 e. The number of β-amino-alcohol motifs (C(OH)–C–C–N with tert-alkyl or cyclic N) is 1. The molecule has 1 aromatic carbocycles. The highest BCUT2D eigenvalue weighted by molar-refractivity contribution is 6.32. The van der Waals surface area contributed by atoms with Gasteiger partial charge in [0.05, 0.1) is 29.7 Å². The van der Waals surface area contributed by atoms with Gasteiger partial charge in [0, 0.05) is 18.1 Å². The molecule has 1 aliphatic heterocycles. The number of aliphatic hydroxyl groups excluding tert-OH is 1. The molecule has 6 nitrogen and oxygen atoms in total. The second-order valence-corrected chi connectivity index (χ2v) is 7.88. The monoisotopic (exact) mass is 406 g/mol. The molecular weight excluding hydrogens is 380 g/mol. The van der Waals surface area contributed by atoms with E-state index in [-0.39, 0.29) is 6.61 Å². The molecule has 0 spiro atoms. The van der Waals surface area contributed by atoms with Gasteiger partial charge in [0.1, 0.15) is 5.75 Å². The average Bonchev–Trinajstić information content (AvgIpc) is 2.70. The number of carbonyl (C=O) groups is 1. The van der Waals surface area contributed by atoms with Crippen molar-refractivity contribution in [1.29, 1.82) is 0 Å². The van der Waals surface area contributed by atoms with Crippen molar-refractivity contribution in [3.63, 3.8) is 0 Å². The first kappa shape index (κ1) is 20.8. The van der Waals surface area contributed by atoms with E-state index in [1.807, 2.05) is 18.2 Å². The van der Waals surface area contributed by atoms with Crippen molar-refractivity contribution in [3.8, 4) is 5.75 Å². The van der Waals surface area contributed by atoms with Gasteiger partial charge in [-0.15, -0.1) is 0 Å². The zero-order valence-corrected chi connectivity index (χ0v) is 16.9. The highest BCUT2D eigenvalue weighted by Crippen LogP contribution is 2.38. The molecule has 0 amide bonds. The molecule has 1 aromatic heterocycles. The predicted octanol–water partition coefficient (Wildman–Crippen LogP) is 3.38. The largest absolute Gasteiger partial charge is 0.497 e. The van der Waals surface area contributed by atoms with E-state index in [4.69, 9.17) is 21.4 Å². The molecule has 2 heterocycles.